The van der Waals surface area contributed by atoms with Crippen LogP contribution in [0.3, 0.4) is 0 Å². The number of benzene rings is 2. The number of pyridine rings is 1. The maximum atomic E-state index is 11.0. The van der Waals surface area contributed by atoms with Crippen LogP contribution >= 0.6 is 0 Å². The zero-order valence-electron chi connectivity index (χ0n) is 19.2. The van der Waals surface area contributed by atoms with Gasteiger partial charge in [-0.1, -0.05) is 55.3 Å². The van der Waals surface area contributed by atoms with Crippen LogP contribution in [-0.4, -0.2) is 43.2 Å². The molecule has 5 heteroatoms. The van der Waals surface area contributed by atoms with Gasteiger partial charge in [0.25, 0.3) is 0 Å². The number of aldehydes is 1. The largest absolute Gasteiger partial charge is 0.374 e. The van der Waals surface area contributed by atoms with Crippen molar-refractivity contribution in [2.45, 2.75) is 44.2 Å². The van der Waals surface area contributed by atoms with Gasteiger partial charge in [0.05, 0.1) is 6.04 Å². The maximum Gasteiger partial charge on any atom is 0.150 e. The summed E-state index contributed by atoms with van der Waals surface area (Å²) in [6, 6.07) is 20.5. The number of rotatable bonds is 8. The van der Waals surface area contributed by atoms with Crippen LogP contribution in [0, 0.1) is 0 Å². The van der Waals surface area contributed by atoms with Crippen LogP contribution in [0.25, 0.3) is 11.1 Å². The van der Waals surface area contributed by atoms with E-state index >= 15 is 0 Å². The molecule has 2 N–H and O–H groups in total. The lowest BCUT2D eigenvalue weighted by atomic mass is 9.91. The van der Waals surface area contributed by atoms with E-state index in [-0.39, 0.29) is 12.1 Å². The van der Waals surface area contributed by atoms with Crippen molar-refractivity contribution in [3.63, 3.8) is 0 Å². The molecule has 4 rings (SSSR count). The molecule has 1 heterocycles. The van der Waals surface area contributed by atoms with Crippen molar-refractivity contribution in [1.29, 1.82) is 0 Å². The highest BCUT2D eigenvalue weighted by atomic mass is 16.1. The van der Waals surface area contributed by atoms with Gasteiger partial charge in [0.2, 0.25) is 0 Å². The second-order valence-electron chi connectivity index (χ2n) is 8.80. The van der Waals surface area contributed by atoms with Gasteiger partial charge in [-0.15, -0.1) is 0 Å². The Bertz CT molecular complexity index is 1080. The fraction of sp³-hybridized carbons (Fsp3) is 0.321. The van der Waals surface area contributed by atoms with Crippen molar-refractivity contribution in [3.8, 4) is 11.1 Å². The van der Waals surface area contributed by atoms with Crippen LogP contribution in [-0.2, 0) is 6.42 Å². The minimum absolute atomic E-state index is 0.149. The Hall–Kier alpha value is -3.31. The van der Waals surface area contributed by atoms with E-state index in [1.165, 1.54) is 12.8 Å². The van der Waals surface area contributed by atoms with Crippen LogP contribution in [0.1, 0.15) is 47.3 Å². The summed E-state index contributed by atoms with van der Waals surface area (Å²) >= 11 is 0. The topological polar surface area (TPSA) is 71.6 Å². The summed E-state index contributed by atoms with van der Waals surface area (Å²) in [4.78, 5) is 22.6. The van der Waals surface area contributed by atoms with Crippen LogP contribution in [0.4, 0.5) is 5.69 Å². The number of hydrogen-bond acceptors (Lipinski definition) is 5. The lowest BCUT2D eigenvalue weighted by Crippen LogP contribution is -2.36. The maximum absolute atomic E-state index is 11.0. The summed E-state index contributed by atoms with van der Waals surface area (Å²) in [7, 11) is 2.11. The summed E-state index contributed by atoms with van der Waals surface area (Å²) < 4.78 is 0. The Morgan fingerprint density at radius 3 is 2.58 bits per heavy atom. The third-order valence-electron chi connectivity index (χ3n) is 6.44. The Morgan fingerprint density at radius 2 is 1.85 bits per heavy atom. The molecule has 0 unspecified atom stereocenters. The molecule has 1 fully saturated rings. The highest BCUT2D eigenvalue weighted by molar-refractivity contribution is 5.90. The molecular formula is C28H32N4O. The van der Waals surface area contributed by atoms with E-state index in [1.54, 1.807) is 0 Å². The molecule has 170 valence electrons. The standard InChI is InChI=1S/C28H32N4O/c1-32(17-15-25-6-4-5-16-30-25)28-18-23(22-11-9-21(20-33)10-12-22)13-14-24(28)19-31-27-8-3-2-7-26(27)29/h4-6,9-14,16,18-20,26-27H,2-3,7-8,15,17,29H2,1H3/t26-,27-/m1/s1. The van der Waals surface area contributed by atoms with Crippen molar-refractivity contribution in [2.24, 2.45) is 10.7 Å². The van der Waals surface area contributed by atoms with Gasteiger partial charge in [-0.2, -0.15) is 0 Å². The Morgan fingerprint density at radius 1 is 1.06 bits per heavy atom. The Labute approximate surface area is 196 Å². The monoisotopic (exact) mass is 440 g/mol. The minimum atomic E-state index is 0.149. The van der Waals surface area contributed by atoms with Gasteiger partial charge >= 0.3 is 0 Å². The number of hydrogen-bond donors (Lipinski definition) is 1. The van der Waals surface area contributed by atoms with Gasteiger partial charge in [-0.3, -0.25) is 14.8 Å². The fourth-order valence-electron chi connectivity index (χ4n) is 4.37. The first kappa shape index (κ1) is 22.9. The molecule has 1 saturated carbocycles. The molecule has 2 atom stereocenters. The molecule has 0 bridgehead atoms. The smallest absolute Gasteiger partial charge is 0.150 e. The first-order valence-electron chi connectivity index (χ1n) is 11.7. The lowest BCUT2D eigenvalue weighted by molar-refractivity contribution is 0.112. The quantitative estimate of drug-likeness (QED) is 0.398. The van der Waals surface area contributed by atoms with Crippen molar-refractivity contribution >= 4 is 18.2 Å². The number of nitrogens with zero attached hydrogens (tertiary/aromatic N) is 3. The first-order valence-corrected chi connectivity index (χ1v) is 11.7. The summed E-state index contributed by atoms with van der Waals surface area (Å²) in [5, 5.41) is 0. The number of nitrogens with two attached hydrogens (primary N) is 1. The van der Waals surface area contributed by atoms with Crippen molar-refractivity contribution in [1.82, 2.24) is 4.98 Å². The van der Waals surface area contributed by atoms with E-state index < -0.39 is 0 Å². The molecule has 5 nitrogen and oxygen atoms in total. The molecule has 1 aliphatic rings. The number of likely N-dealkylation sites (N-methyl/N-ethyl adjacent to an activating group) is 1. The number of carbonyl (C=O) groups excluding carboxylic acids is 1. The number of aliphatic imine (C=N–C) groups is 1. The van der Waals surface area contributed by atoms with E-state index in [0.29, 0.717) is 5.56 Å². The molecule has 3 aromatic rings. The molecule has 0 amide bonds. The molecule has 33 heavy (non-hydrogen) atoms. The van der Waals surface area contributed by atoms with Gasteiger partial charge in [-0.05, 0) is 42.2 Å². The number of anilines is 1. The van der Waals surface area contributed by atoms with E-state index in [9.17, 15) is 4.79 Å². The minimum Gasteiger partial charge on any atom is -0.374 e. The van der Waals surface area contributed by atoms with E-state index in [2.05, 4.69) is 41.2 Å². The van der Waals surface area contributed by atoms with Crippen LogP contribution < -0.4 is 10.6 Å². The Balaban J connectivity index is 1.61. The average Bonchev–Trinajstić information content (AvgIpc) is 2.87. The molecule has 2 aromatic carbocycles. The van der Waals surface area contributed by atoms with Gasteiger partial charge in [-0.25, -0.2) is 0 Å². The molecule has 1 aliphatic carbocycles. The highest BCUT2D eigenvalue weighted by Crippen LogP contribution is 2.28. The second kappa shape index (κ2) is 11.0. The summed E-state index contributed by atoms with van der Waals surface area (Å²) in [5.41, 5.74) is 12.5. The van der Waals surface area contributed by atoms with Crippen molar-refractivity contribution in [3.05, 3.63) is 83.7 Å². The first-order chi connectivity index (χ1) is 16.1. The molecule has 0 saturated heterocycles. The van der Waals surface area contributed by atoms with E-state index in [4.69, 9.17) is 10.7 Å². The summed E-state index contributed by atoms with van der Waals surface area (Å²) in [6.45, 7) is 0.842. The molecular weight excluding hydrogens is 408 g/mol. The zero-order valence-corrected chi connectivity index (χ0v) is 19.2. The molecule has 0 radical (unpaired) electrons. The van der Waals surface area contributed by atoms with Crippen LogP contribution in [0.2, 0.25) is 0 Å². The third kappa shape index (κ3) is 5.93. The van der Waals surface area contributed by atoms with Crippen molar-refractivity contribution in [2.75, 3.05) is 18.5 Å². The summed E-state index contributed by atoms with van der Waals surface area (Å²) in [5.74, 6) is 0. The second-order valence-corrected chi connectivity index (χ2v) is 8.80. The fourth-order valence-corrected chi connectivity index (χ4v) is 4.37. The zero-order chi connectivity index (χ0) is 23.0. The van der Waals surface area contributed by atoms with Gasteiger partial charge in [0, 0.05) is 61.0 Å². The van der Waals surface area contributed by atoms with Gasteiger partial charge < -0.3 is 10.6 Å². The predicted octanol–water partition coefficient (Wildman–Crippen LogP) is 4.93. The number of aromatic nitrogens is 1. The van der Waals surface area contributed by atoms with Gasteiger partial charge in [0.15, 0.2) is 0 Å². The average molecular weight is 441 g/mol. The van der Waals surface area contributed by atoms with Crippen LogP contribution in [0.5, 0.6) is 0 Å². The SMILES string of the molecule is CN(CCc1ccccn1)c1cc(-c2ccc(C=O)cc2)ccc1C=N[C@@H]1CCCC[C@H]1N. The van der Waals surface area contributed by atoms with E-state index in [0.717, 1.165) is 60.2 Å². The predicted molar refractivity (Wildman–Crippen MR) is 136 cm³/mol. The normalized spacial score (nSPS) is 18.4. The van der Waals surface area contributed by atoms with Gasteiger partial charge in [0.1, 0.15) is 6.29 Å². The molecule has 0 aliphatic heterocycles. The Kier molecular flexibility index (Phi) is 7.63. The molecule has 0 spiro atoms. The third-order valence-corrected chi connectivity index (χ3v) is 6.44. The van der Waals surface area contributed by atoms with Crippen LogP contribution in [0.15, 0.2) is 71.9 Å². The summed E-state index contributed by atoms with van der Waals surface area (Å²) in [6.07, 6.45) is 10.1. The van der Waals surface area contributed by atoms with Crippen molar-refractivity contribution < 1.29 is 4.79 Å². The molecule has 1 aromatic heterocycles. The highest BCUT2D eigenvalue weighted by Gasteiger charge is 2.20. The van der Waals surface area contributed by atoms with E-state index in [1.807, 2.05) is 48.8 Å². The lowest BCUT2D eigenvalue weighted by Gasteiger charge is -2.26. The number of carbonyl (C=O) groups is 1.